The van der Waals surface area contributed by atoms with Crippen molar-refractivity contribution in [1.29, 1.82) is 0 Å². The molecular formula is C57H71N23O10. The van der Waals surface area contributed by atoms with E-state index in [-0.39, 0.29) is 95.1 Å². The van der Waals surface area contributed by atoms with Crippen LogP contribution in [0.25, 0.3) is 0 Å². The number of hydrogen-bond acceptors (Lipinski definition) is 15. The zero-order valence-electron chi connectivity index (χ0n) is 51.1. The SMILES string of the molecule is CN(C)CCCNC(=O)CCNC(=O)c1cc(NC(=O)c2nc(NC(=O)c3nc(NC(=O)c4cc(NC(=O)[C@H](N)CCNC(=O)c5cc(NC(=O)c6cc(NC(=O)c7cc(NC(=O)c8nccn8C)cn7C)cn6C)cn5C)cn4C)cn3C)cn2C)cn1C. The van der Waals surface area contributed by atoms with Crippen molar-refractivity contribution in [3.8, 4) is 0 Å². The van der Waals surface area contributed by atoms with Crippen LogP contribution in [0.1, 0.15) is 104 Å². The molecule has 0 fully saturated rings. The zero-order valence-corrected chi connectivity index (χ0v) is 51.1. The van der Waals surface area contributed by atoms with Gasteiger partial charge in [-0.3, -0.25) is 47.9 Å². The summed E-state index contributed by atoms with van der Waals surface area (Å²) in [5, 5.41) is 27.2. The standard InChI is InChI=1S/C57H71N23O10/c1-72(2)18-11-14-59-45(81)13-16-62-51(84)39-21-35(28-75(39)5)67-56(89)47-69-44(31-79(47)9)71-57(90)48-68-43(30-80(48)10)70-54(87)42-22-32(25-78(42)8)63-49(82)37(58)12-15-61-50(83)38-20-33(26-74(38)4)64-52(85)40-23-34(27-76(40)6)65-53(86)41-24-36(29-77(41)7)66-55(88)46-60-17-19-73(46)3/h17,19-31,37H,11-16,18,58H2,1-10H3,(H,59,81)(H,61,83)(H,62,84)(H,63,82)(H,64,85)(H,65,86)(H,66,88)(H,67,89)(H,70,87)(H,71,90)/t37-/m1/s1. The van der Waals surface area contributed by atoms with Crippen molar-refractivity contribution in [1.82, 2.24) is 72.3 Å². The molecule has 0 aliphatic heterocycles. The van der Waals surface area contributed by atoms with Gasteiger partial charge in [-0.15, -0.1) is 0 Å². The van der Waals surface area contributed by atoms with Crippen LogP contribution in [0.4, 0.5) is 40.1 Å². The van der Waals surface area contributed by atoms with E-state index < -0.39 is 59.2 Å². The maximum Gasteiger partial charge on any atom is 0.292 e. The molecule has 8 rings (SSSR count). The van der Waals surface area contributed by atoms with Crippen LogP contribution in [-0.2, 0) is 66.0 Å². The Morgan fingerprint density at radius 2 is 0.811 bits per heavy atom. The number of amides is 10. The molecule has 0 radical (unpaired) electrons. The van der Waals surface area contributed by atoms with Gasteiger partial charge < -0.3 is 100 Å². The third-order valence-electron chi connectivity index (χ3n) is 14.0. The molecule has 0 aliphatic rings. The lowest BCUT2D eigenvalue weighted by Crippen LogP contribution is -2.39. The van der Waals surface area contributed by atoms with E-state index in [4.69, 9.17) is 5.73 Å². The second-order valence-electron chi connectivity index (χ2n) is 21.5. The zero-order chi connectivity index (χ0) is 65.2. The van der Waals surface area contributed by atoms with Crippen molar-refractivity contribution in [3.05, 3.63) is 132 Å². The van der Waals surface area contributed by atoms with E-state index in [0.29, 0.717) is 29.3 Å². The quantitative estimate of drug-likeness (QED) is 0.0341. The smallest absolute Gasteiger partial charge is 0.292 e. The summed E-state index contributed by atoms with van der Waals surface area (Å²) >= 11 is 0. The Labute approximate surface area is 514 Å². The Kier molecular flexibility index (Phi) is 20.1. The highest BCUT2D eigenvalue weighted by molar-refractivity contribution is 6.10. The van der Waals surface area contributed by atoms with Crippen molar-refractivity contribution < 1.29 is 47.9 Å². The first-order valence-electron chi connectivity index (χ1n) is 28.0. The minimum absolute atomic E-state index is 0.00221. The summed E-state index contributed by atoms with van der Waals surface area (Å²) in [6.45, 7) is 1.48. The van der Waals surface area contributed by atoms with Gasteiger partial charge in [0, 0.05) is 138 Å². The van der Waals surface area contributed by atoms with Crippen molar-refractivity contribution in [3.63, 3.8) is 0 Å². The molecule has 12 N–H and O–H groups in total. The number of nitrogens with one attached hydrogen (secondary N) is 10. The molecule has 0 saturated heterocycles. The van der Waals surface area contributed by atoms with Crippen LogP contribution >= 0.6 is 0 Å². The van der Waals surface area contributed by atoms with Crippen molar-refractivity contribution in [2.75, 3.05) is 77.5 Å². The molecule has 0 saturated carbocycles. The van der Waals surface area contributed by atoms with Gasteiger partial charge in [-0.1, -0.05) is 0 Å². The van der Waals surface area contributed by atoms with Crippen LogP contribution in [0, 0.1) is 0 Å². The maximum atomic E-state index is 13.5. The Bertz CT molecular complexity index is 4060. The molecular weight excluding hydrogens is 1170 g/mol. The topological polar surface area (TPSA) is 398 Å². The average molecular weight is 1240 g/mol. The van der Waals surface area contributed by atoms with E-state index in [1.54, 1.807) is 89.5 Å². The van der Waals surface area contributed by atoms with Crippen LogP contribution < -0.4 is 58.9 Å². The van der Waals surface area contributed by atoms with Crippen LogP contribution in [0.15, 0.2) is 86.1 Å². The largest absolute Gasteiger partial charge is 0.356 e. The summed E-state index contributed by atoms with van der Waals surface area (Å²) in [6, 6.07) is 6.28. The summed E-state index contributed by atoms with van der Waals surface area (Å²) < 4.78 is 11.9. The molecule has 0 spiro atoms. The van der Waals surface area contributed by atoms with E-state index in [1.165, 1.54) is 89.6 Å². The molecule has 474 valence electrons. The van der Waals surface area contributed by atoms with E-state index in [0.717, 1.165) is 13.0 Å². The van der Waals surface area contributed by atoms with Gasteiger partial charge >= 0.3 is 0 Å². The monoisotopic (exact) mass is 1240 g/mol. The van der Waals surface area contributed by atoms with Crippen LogP contribution in [0.5, 0.6) is 0 Å². The third-order valence-corrected chi connectivity index (χ3v) is 14.0. The second-order valence-corrected chi connectivity index (χ2v) is 21.5. The summed E-state index contributed by atoms with van der Waals surface area (Å²) in [7, 11) is 16.8. The van der Waals surface area contributed by atoms with Crippen LogP contribution in [0.3, 0.4) is 0 Å². The fourth-order valence-electron chi connectivity index (χ4n) is 9.36. The first-order chi connectivity index (χ1) is 42.7. The lowest BCUT2D eigenvalue weighted by Gasteiger charge is -2.12. The molecule has 33 nitrogen and oxygen atoms in total. The third kappa shape index (κ3) is 16.0. The highest BCUT2D eigenvalue weighted by Gasteiger charge is 2.25. The second kappa shape index (κ2) is 28.0. The average Bonchev–Trinajstić information content (AvgIpc) is 2.82. The molecule has 10 amide bonds. The van der Waals surface area contributed by atoms with Crippen LogP contribution in [0.2, 0.25) is 0 Å². The summed E-state index contributed by atoms with van der Waals surface area (Å²) in [4.78, 5) is 146. The number of nitrogens with zero attached hydrogens (tertiary/aromatic N) is 12. The fraction of sp³-hybridized carbons (Fsp3) is 0.316. The number of nitrogens with two attached hydrogens (primary N) is 1. The van der Waals surface area contributed by atoms with Gasteiger partial charge in [-0.2, -0.15) is 0 Å². The van der Waals surface area contributed by atoms with Gasteiger partial charge in [0.2, 0.25) is 23.5 Å². The number of aryl methyl sites for hydroxylation is 8. The highest BCUT2D eigenvalue weighted by Crippen LogP contribution is 2.22. The summed E-state index contributed by atoms with van der Waals surface area (Å²) in [6.07, 6.45) is 14.6. The predicted molar refractivity (Wildman–Crippen MR) is 331 cm³/mol. The Morgan fingerprint density at radius 3 is 1.24 bits per heavy atom. The van der Waals surface area contributed by atoms with Crippen LogP contribution in [-0.4, -0.2) is 162 Å². The summed E-state index contributed by atoms with van der Waals surface area (Å²) in [5.41, 5.74) is 8.74. The minimum atomic E-state index is -1.08. The van der Waals surface area contributed by atoms with E-state index in [1.807, 2.05) is 19.0 Å². The normalized spacial score (nSPS) is 11.4. The van der Waals surface area contributed by atoms with E-state index in [2.05, 4.69) is 68.1 Å². The molecule has 8 heterocycles. The highest BCUT2D eigenvalue weighted by atomic mass is 16.2. The molecule has 0 aliphatic carbocycles. The number of hydrogen-bond donors (Lipinski definition) is 11. The van der Waals surface area contributed by atoms with Crippen molar-refractivity contribution >= 4 is 99.1 Å². The Hall–Kier alpha value is -11.4. The van der Waals surface area contributed by atoms with Crippen molar-refractivity contribution in [2.24, 2.45) is 62.1 Å². The molecule has 8 aromatic rings. The van der Waals surface area contributed by atoms with Gasteiger partial charge in [0.05, 0.1) is 34.5 Å². The number of aromatic nitrogens is 11. The molecule has 0 aromatic carbocycles. The molecule has 33 heteroatoms. The summed E-state index contributed by atoms with van der Waals surface area (Å²) in [5.74, 6) is -5.11. The number of carbonyl (C=O) groups is 10. The number of imidazole rings is 3. The van der Waals surface area contributed by atoms with Gasteiger partial charge in [-0.25, -0.2) is 15.0 Å². The van der Waals surface area contributed by atoms with E-state index in [9.17, 15) is 47.9 Å². The molecule has 8 aromatic heterocycles. The number of carbonyl (C=O) groups excluding carboxylic acids is 10. The maximum absolute atomic E-state index is 13.5. The molecule has 0 unspecified atom stereocenters. The number of rotatable bonds is 26. The molecule has 0 bridgehead atoms. The molecule has 90 heavy (non-hydrogen) atoms. The van der Waals surface area contributed by atoms with Crippen molar-refractivity contribution in [2.45, 2.75) is 25.3 Å². The first-order valence-corrected chi connectivity index (χ1v) is 28.0. The first kappa shape index (κ1) is 64.6. The molecule has 1 atom stereocenters. The fourth-order valence-corrected chi connectivity index (χ4v) is 9.36. The lowest BCUT2D eigenvalue weighted by atomic mass is 10.2. The van der Waals surface area contributed by atoms with Gasteiger partial charge in [0.1, 0.15) is 28.5 Å². The predicted octanol–water partition coefficient (Wildman–Crippen LogP) is 1.37. The Morgan fingerprint density at radius 1 is 0.433 bits per heavy atom. The lowest BCUT2D eigenvalue weighted by molar-refractivity contribution is -0.121. The van der Waals surface area contributed by atoms with Gasteiger partial charge in [0.25, 0.3) is 47.3 Å². The minimum Gasteiger partial charge on any atom is -0.356 e. The van der Waals surface area contributed by atoms with E-state index >= 15 is 0 Å². The van der Waals surface area contributed by atoms with Gasteiger partial charge in [-0.05, 0) is 63.8 Å². The Balaban J connectivity index is 0.758. The number of anilines is 7. The van der Waals surface area contributed by atoms with Gasteiger partial charge in [0.15, 0.2) is 17.5 Å².